The second-order valence-electron chi connectivity index (χ2n) is 5.80. The van der Waals surface area contributed by atoms with Crippen molar-refractivity contribution < 1.29 is 28.6 Å². The molecule has 0 saturated heterocycles. The van der Waals surface area contributed by atoms with E-state index < -0.39 is 17.8 Å². The van der Waals surface area contributed by atoms with Gasteiger partial charge in [0.1, 0.15) is 15.6 Å². The molecule has 29 heavy (non-hydrogen) atoms. The fourth-order valence-corrected chi connectivity index (χ4v) is 3.68. The zero-order valence-corrected chi connectivity index (χ0v) is 17.6. The Morgan fingerprint density at radius 2 is 1.69 bits per heavy atom. The van der Waals surface area contributed by atoms with Crippen LogP contribution in [0.1, 0.15) is 39.4 Å². The van der Waals surface area contributed by atoms with Crippen LogP contribution in [0.25, 0.3) is 0 Å². The molecule has 0 aliphatic carbocycles. The van der Waals surface area contributed by atoms with Crippen LogP contribution in [0.15, 0.2) is 24.3 Å². The Balaban J connectivity index is 2.21. The second kappa shape index (κ2) is 10.5. The third kappa shape index (κ3) is 5.47. The summed E-state index contributed by atoms with van der Waals surface area (Å²) in [5, 5.41) is 5.91. The SMILES string of the molecule is CCOC(=O)c1sc(NC(=O)CNc2ccccc2OC)c(C(=O)OCC)c1C. The number of methoxy groups -OCH3 is 1. The quantitative estimate of drug-likeness (QED) is 0.599. The van der Waals surface area contributed by atoms with Crippen LogP contribution in [-0.2, 0) is 14.3 Å². The first kappa shape index (κ1) is 22.2. The molecular formula is C20H24N2O6S. The smallest absolute Gasteiger partial charge is 0.348 e. The molecule has 0 fully saturated rings. The van der Waals surface area contributed by atoms with Gasteiger partial charge in [-0.3, -0.25) is 4.79 Å². The summed E-state index contributed by atoms with van der Waals surface area (Å²) in [5.74, 6) is -0.944. The minimum absolute atomic E-state index is 0.0612. The molecule has 1 aromatic heterocycles. The monoisotopic (exact) mass is 420 g/mol. The number of rotatable bonds is 9. The average Bonchev–Trinajstić information content (AvgIpc) is 3.02. The number of esters is 2. The van der Waals surface area contributed by atoms with Crippen molar-refractivity contribution in [1.29, 1.82) is 0 Å². The first-order chi connectivity index (χ1) is 13.9. The lowest BCUT2D eigenvalue weighted by Crippen LogP contribution is -2.22. The number of para-hydroxylation sites is 2. The van der Waals surface area contributed by atoms with E-state index in [0.29, 0.717) is 17.0 Å². The molecule has 156 valence electrons. The minimum Gasteiger partial charge on any atom is -0.495 e. The van der Waals surface area contributed by atoms with Crippen molar-refractivity contribution in [1.82, 2.24) is 0 Å². The molecule has 0 spiro atoms. The van der Waals surface area contributed by atoms with E-state index in [9.17, 15) is 14.4 Å². The molecule has 0 aliphatic rings. The van der Waals surface area contributed by atoms with Crippen molar-refractivity contribution in [3.8, 4) is 5.75 Å². The van der Waals surface area contributed by atoms with E-state index in [1.807, 2.05) is 12.1 Å². The van der Waals surface area contributed by atoms with Gasteiger partial charge in [0.15, 0.2) is 0 Å². The van der Waals surface area contributed by atoms with Gasteiger partial charge >= 0.3 is 11.9 Å². The highest BCUT2D eigenvalue weighted by molar-refractivity contribution is 7.18. The Labute approximate surface area is 173 Å². The Hall–Kier alpha value is -3.07. The van der Waals surface area contributed by atoms with E-state index in [1.54, 1.807) is 32.9 Å². The third-order valence-electron chi connectivity index (χ3n) is 3.89. The summed E-state index contributed by atoms with van der Waals surface area (Å²) in [7, 11) is 1.54. The molecule has 2 N–H and O–H groups in total. The van der Waals surface area contributed by atoms with Gasteiger partial charge in [-0.2, -0.15) is 0 Å². The van der Waals surface area contributed by atoms with Crippen molar-refractivity contribution >= 4 is 39.9 Å². The Morgan fingerprint density at radius 1 is 1.03 bits per heavy atom. The molecule has 1 amide bonds. The summed E-state index contributed by atoms with van der Waals surface area (Å²) in [5.41, 5.74) is 1.23. The molecule has 8 nitrogen and oxygen atoms in total. The van der Waals surface area contributed by atoms with Crippen LogP contribution in [-0.4, -0.2) is 44.7 Å². The molecule has 0 bridgehead atoms. The van der Waals surface area contributed by atoms with Gasteiger partial charge in [0.25, 0.3) is 0 Å². The molecule has 0 aliphatic heterocycles. The zero-order valence-electron chi connectivity index (χ0n) is 16.8. The topological polar surface area (TPSA) is 103 Å². The number of carbonyl (C=O) groups excluding carboxylic acids is 3. The summed E-state index contributed by atoms with van der Waals surface area (Å²) in [6.45, 7) is 5.31. The second-order valence-corrected chi connectivity index (χ2v) is 6.82. The molecule has 1 heterocycles. The highest BCUT2D eigenvalue weighted by atomic mass is 32.1. The van der Waals surface area contributed by atoms with Crippen LogP contribution in [0.4, 0.5) is 10.7 Å². The van der Waals surface area contributed by atoms with Crippen LogP contribution in [0.2, 0.25) is 0 Å². The van der Waals surface area contributed by atoms with Gasteiger partial charge in [-0.05, 0) is 38.5 Å². The van der Waals surface area contributed by atoms with Crippen molar-refractivity contribution in [3.05, 3.63) is 40.3 Å². The predicted molar refractivity (Wildman–Crippen MR) is 111 cm³/mol. The van der Waals surface area contributed by atoms with Crippen LogP contribution >= 0.6 is 11.3 Å². The van der Waals surface area contributed by atoms with Crippen molar-refractivity contribution in [2.45, 2.75) is 20.8 Å². The van der Waals surface area contributed by atoms with Crippen LogP contribution in [0.3, 0.4) is 0 Å². The van der Waals surface area contributed by atoms with E-state index in [4.69, 9.17) is 14.2 Å². The zero-order chi connectivity index (χ0) is 21.4. The summed E-state index contributed by atoms with van der Waals surface area (Å²) >= 11 is 0.986. The fraction of sp³-hybridized carbons (Fsp3) is 0.350. The number of carbonyl (C=O) groups is 3. The maximum absolute atomic E-state index is 12.5. The Morgan fingerprint density at radius 3 is 2.34 bits per heavy atom. The third-order valence-corrected chi connectivity index (χ3v) is 5.07. The molecule has 0 saturated carbocycles. The molecule has 0 atom stereocenters. The van der Waals surface area contributed by atoms with Gasteiger partial charge in [-0.1, -0.05) is 12.1 Å². The number of ether oxygens (including phenoxy) is 3. The summed E-state index contributed by atoms with van der Waals surface area (Å²) in [6, 6.07) is 7.19. The number of hydrogen-bond acceptors (Lipinski definition) is 8. The van der Waals surface area contributed by atoms with Crippen LogP contribution < -0.4 is 15.4 Å². The number of nitrogens with one attached hydrogen (secondary N) is 2. The van der Waals surface area contributed by atoms with Crippen molar-refractivity contribution in [2.24, 2.45) is 0 Å². The maximum atomic E-state index is 12.5. The number of anilines is 2. The normalized spacial score (nSPS) is 10.2. The highest BCUT2D eigenvalue weighted by Gasteiger charge is 2.27. The predicted octanol–water partition coefficient (Wildman–Crippen LogP) is 3.47. The number of thiophene rings is 1. The lowest BCUT2D eigenvalue weighted by atomic mass is 10.1. The molecule has 1 aromatic carbocycles. The summed E-state index contributed by atoms with van der Waals surface area (Å²) in [6.07, 6.45) is 0. The highest BCUT2D eigenvalue weighted by Crippen LogP contribution is 2.34. The first-order valence-electron chi connectivity index (χ1n) is 9.07. The summed E-state index contributed by atoms with van der Waals surface area (Å²) < 4.78 is 15.3. The standard InChI is InChI=1S/C20H24N2O6S/c1-5-27-19(24)16-12(3)17(20(25)28-6-2)29-18(16)22-15(23)11-21-13-9-7-8-10-14(13)26-4/h7-10,21H,5-6,11H2,1-4H3,(H,22,23). The van der Waals surface area contributed by atoms with Gasteiger partial charge in [0.05, 0.1) is 38.1 Å². The van der Waals surface area contributed by atoms with E-state index in [0.717, 1.165) is 11.3 Å². The average molecular weight is 420 g/mol. The summed E-state index contributed by atoms with van der Waals surface area (Å²) in [4.78, 5) is 37.3. The van der Waals surface area contributed by atoms with Gasteiger partial charge < -0.3 is 24.8 Å². The maximum Gasteiger partial charge on any atom is 0.348 e. The Bertz CT molecular complexity index is 893. The van der Waals surface area contributed by atoms with Crippen molar-refractivity contribution in [3.63, 3.8) is 0 Å². The van der Waals surface area contributed by atoms with Crippen molar-refractivity contribution in [2.75, 3.05) is 37.5 Å². The number of benzene rings is 1. The minimum atomic E-state index is -0.607. The Kier molecular flexibility index (Phi) is 8.02. The van der Waals surface area contributed by atoms with Gasteiger partial charge in [-0.25, -0.2) is 9.59 Å². The van der Waals surface area contributed by atoms with Crippen LogP contribution in [0.5, 0.6) is 5.75 Å². The molecule has 2 rings (SSSR count). The molecule has 0 radical (unpaired) electrons. The molecule has 0 unspecified atom stereocenters. The van der Waals surface area contributed by atoms with E-state index in [2.05, 4.69) is 10.6 Å². The number of hydrogen-bond donors (Lipinski definition) is 2. The fourth-order valence-electron chi connectivity index (χ4n) is 2.58. The largest absolute Gasteiger partial charge is 0.495 e. The van der Waals surface area contributed by atoms with Gasteiger partial charge in [-0.15, -0.1) is 11.3 Å². The number of amides is 1. The van der Waals surface area contributed by atoms with E-state index in [-0.39, 0.29) is 35.2 Å². The lowest BCUT2D eigenvalue weighted by molar-refractivity contribution is -0.114. The lowest BCUT2D eigenvalue weighted by Gasteiger charge is -2.11. The van der Waals surface area contributed by atoms with Gasteiger partial charge in [0, 0.05) is 0 Å². The van der Waals surface area contributed by atoms with E-state index in [1.165, 1.54) is 7.11 Å². The van der Waals surface area contributed by atoms with Crippen LogP contribution in [0, 0.1) is 6.92 Å². The first-order valence-corrected chi connectivity index (χ1v) is 9.88. The molecule has 2 aromatic rings. The van der Waals surface area contributed by atoms with Gasteiger partial charge in [0.2, 0.25) is 5.91 Å². The molecule has 9 heteroatoms. The molecular weight excluding hydrogens is 396 g/mol. The van der Waals surface area contributed by atoms with E-state index >= 15 is 0 Å².